The zero-order valence-corrected chi connectivity index (χ0v) is 13.9. The van der Waals surface area contributed by atoms with Gasteiger partial charge in [0.15, 0.2) is 0 Å². The number of hydrogen-bond acceptors (Lipinski definition) is 2. The van der Waals surface area contributed by atoms with Gasteiger partial charge < -0.3 is 9.30 Å². The minimum absolute atomic E-state index is 0.311. The quantitative estimate of drug-likeness (QED) is 0.375. The molecule has 6 heteroatoms. The molecule has 0 amide bonds. The lowest BCUT2D eigenvalue weighted by molar-refractivity contribution is -0.147. The molecule has 0 unspecified atom stereocenters. The van der Waals surface area contributed by atoms with Crippen molar-refractivity contribution in [3.05, 3.63) is 89.7 Å². The Kier molecular flexibility index (Phi) is 3.31. The molecular formula is C21H13F3N2O. The van der Waals surface area contributed by atoms with Gasteiger partial charge in [-0.15, -0.1) is 0 Å². The van der Waals surface area contributed by atoms with Crippen LogP contribution < -0.4 is 4.74 Å². The minimum Gasteiger partial charge on any atom is -0.457 e. The number of hydrogen-bond donors (Lipinski definition) is 0. The first-order chi connectivity index (χ1) is 13.0. The third kappa shape index (κ3) is 2.40. The topological polar surface area (TPSA) is 27.1 Å². The average Bonchev–Trinajstić information content (AvgIpc) is 3.06. The zero-order valence-electron chi connectivity index (χ0n) is 13.9. The molecule has 134 valence electrons. The Balaban J connectivity index is 1.89. The van der Waals surface area contributed by atoms with Crippen molar-refractivity contribution in [2.45, 2.75) is 12.2 Å². The number of imidazole rings is 1. The summed E-state index contributed by atoms with van der Waals surface area (Å²) < 4.78 is 48.8. The molecule has 0 atom stereocenters. The first kappa shape index (κ1) is 15.9. The summed E-state index contributed by atoms with van der Waals surface area (Å²) in [7, 11) is 0. The second-order valence-electron chi connectivity index (χ2n) is 6.37. The molecule has 1 aliphatic heterocycles. The van der Waals surface area contributed by atoms with Crippen LogP contribution in [0.3, 0.4) is 0 Å². The van der Waals surface area contributed by atoms with Crippen molar-refractivity contribution >= 4 is 11.0 Å². The highest BCUT2D eigenvalue weighted by Crippen LogP contribution is 2.47. The molecule has 0 fully saturated rings. The highest BCUT2D eigenvalue weighted by Gasteiger charge is 2.41. The van der Waals surface area contributed by atoms with Gasteiger partial charge in [-0.1, -0.05) is 48.5 Å². The number of fused-ring (bicyclic) bond motifs is 3. The van der Waals surface area contributed by atoms with Crippen molar-refractivity contribution in [1.29, 1.82) is 0 Å². The van der Waals surface area contributed by atoms with Crippen LogP contribution in [0.5, 0.6) is 11.5 Å². The summed E-state index contributed by atoms with van der Waals surface area (Å²) in [5.41, 5.74) is 2.09. The molecule has 1 aromatic heterocycles. The van der Waals surface area contributed by atoms with E-state index < -0.39 is 18.0 Å². The number of rotatable bonds is 1. The van der Waals surface area contributed by atoms with Gasteiger partial charge in [0.2, 0.25) is 5.82 Å². The zero-order chi connectivity index (χ0) is 18.6. The Morgan fingerprint density at radius 1 is 0.778 bits per heavy atom. The van der Waals surface area contributed by atoms with Crippen molar-refractivity contribution in [1.82, 2.24) is 9.55 Å². The fraction of sp³-hybridized carbons (Fsp3) is 0.0952. The Labute approximate surface area is 152 Å². The van der Waals surface area contributed by atoms with Crippen LogP contribution in [0, 0.1) is 0 Å². The monoisotopic (exact) mass is 366 g/mol. The Morgan fingerprint density at radius 2 is 1.33 bits per heavy atom. The van der Waals surface area contributed by atoms with E-state index in [1.165, 1.54) is 4.57 Å². The van der Waals surface area contributed by atoms with E-state index in [0.717, 1.165) is 0 Å². The second-order valence-corrected chi connectivity index (χ2v) is 6.37. The van der Waals surface area contributed by atoms with Crippen molar-refractivity contribution < 1.29 is 17.9 Å². The van der Waals surface area contributed by atoms with Gasteiger partial charge in [-0.25, -0.2) is 4.98 Å². The Morgan fingerprint density at radius 3 is 1.96 bits per heavy atom. The SMILES string of the molecule is FC(F)(F)c1nc2ccccc2n1C1c2ccccc2Oc2ccccc21. The lowest BCUT2D eigenvalue weighted by atomic mass is 9.94. The van der Waals surface area contributed by atoms with Gasteiger partial charge in [0.1, 0.15) is 11.5 Å². The summed E-state index contributed by atoms with van der Waals surface area (Å²) >= 11 is 0. The maximum absolute atomic E-state index is 13.9. The van der Waals surface area contributed by atoms with E-state index in [4.69, 9.17) is 4.74 Å². The maximum atomic E-state index is 13.9. The molecule has 0 spiro atoms. The lowest BCUT2D eigenvalue weighted by Crippen LogP contribution is -2.23. The summed E-state index contributed by atoms with van der Waals surface area (Å²) in [5, 5.41) is 0. The molecule has 0 saturated heterocycles. The average molecular weight is 366 g/mol. The van der Waals surface area contributed by atoms with E-state index in [9.17, 15) is 13.2 Å². The van der Waals surface area contributed by atoms with Crippen molar-refractivity contribution in [2.75, 3.05) is 0 Å². The molecule has 0 saturated carbocycles. The lowest BCUT2D eigenvalue weighted by Gasteiger charge is -2.30. The number of benzene rings is 3. The van der Waals surface area contributed by atoms with Gasteiger partial charge in [-0.3, -0.25) is 0 Å². The standard InChI is InChI=1S/C21H13F3N2O/c22-21(23,24)20-25-15-9-3-4-10-16(15)26(20)19-13-7-1-5-11-17(13)27-18-12-6-2-8-14(18)19/h1-12,19H. The largest absolute Gasteiger partial charge is 0.457 e. The number of para-hydroxylation sites is 4. The smallest absolute Gasteiger partial charge is 0.449 e. The molecule has 5 rings (SSSR count). The van der Waals surface area contributed by atoms with Crippen LogP contribution in [0.4, 0.5) is 13.2 Å². The third-order valence-electron chi connectivity index (χ3n) is 4.75. The highest BCUT2D eigenvalue weighted by molar-refractivity contribution is 5.77. The van der Waals surface area contributed by atoms with E-state index in [1.807, 2.05) is 0 Å². The van der Waals surface area contributed by atoms with Crippen molar-refractivity contribution in [3.63, 3.8) is 0 Å². The second kappa shape index (κ2) is 5.61. The van der Waals surface area contributed by atoms with E-state index in [2.05, 4.69) is 4.98 Å². The van der Waals surface area contributed by atoms with Crippen LogP contribution in [-0.2, 0) is 6.18 Å². The molecule has 0 aliphatic carbocycles. The number of ether oxygens (including phenoxy) is 1. The minimum atomic E-state index is -4.58. The molecule has 4 aromatic rings. The predicted octanol–water partition coefficient (Wildman–Crippen LogP) is 5.80. The first-order valence-corrected chi connectivity index (χ1v) is 8.44. The molecular weight excluding hydrogens is 353 g/mol. The number of nitrogens with zero attached hydrogens (tertiary/aromatic N) is 2. The van der Waals surface area contributed by atoms with E-state index in [1.54, 1.807) is 72.8 Å². The van der Waals surface area contributed by atoms with Crippen LogP contribution in [0.25, 0.3) is 11.0 Å². The van der Waals surface area contributed by atoms with E-state index in [-0.39, 0.29) is 0 Å². The highest BCUT2D eigenvalue weighted by atomic mass is 19.4. The van der Waals surface area contributed by atoms with Crippen LogP contribution in [-0.4, -0.2) is 9.55 Å². The van der Waals surface area contributed by atoms with E-state index >= 15 is 0 Å². The normalized spacial score (nSPS) is 13.9. The van der Waals surface area contributed by atoms with Gasteiger partial charge in [-0.2, -0.15) is 13.2 Å². The summed E-state index contributed by atoms with van der Waals surface area (Å²) in [6.45, 7) is 0. The van der Waals surface area contributed by atoms with Crippen LogP contribution in [0.15, 0.2) is 72.8 Å². The summed E-state index contributed by atoms with van der Waals surface area (Å²) in [6, 6.07) is 20.3. The number of aromatic nitrogens is 2. The summed E-state index contributed by atoms with van der Waals surface area (Å²) in [4.78, 5) is 3.90. The summed E-state index contributed by atoms with van der Waals surface area (Å²) in [5.74, 6) is 0.180. The predicted molar refractivity (Wildman–Crippen MR) is 94.9 cm³/mol. The molecule has 27 heavy (non-hydrogen) atoms. The third-order valence-corrected chi connectivity index (χ3v) is 4.75. The molecule has 0 bridgehead atoms. The first-order valence-electron chi connectivity index (χ1n) is 8.44. The van der Waals surface area contributed by atoms with Gasteiger partial charge in [0, 0.05) is 11.1 Å². The van der Waals surface area contributed by atoms with Crippen molar-refractivity contribution in [3.8, 4) is 11.5 Å². The fourth-order valence-corrected chi connectivity index (χ4v) is 3.67. The maximum Gasteiger partial charge on any atom is 0.449 e. The molecule has 3 aromatic carbocycles. The fourth-order valence-electron chi connectivity index (χ4n) is 3.67. The molecule has 0 N–H and O–H groups in total. The Bertz CT molecular complexity index is 1120. The van der Waals surface area contributed by atoms with Gasteiger partial charge in [0.05, 0.1) is 17.1 Å². The van der Waals surface area contributed by atoms with Crippen molar-refractivity contribution in [2.24, 2.45) is 0 Å². The summed E-state index contributed by atoms with van der Waals surface area (Å²) in [6.07, 6.45) is -4.58. The molecule has 1 aliphatic rings. The molecule has 0 radical (unpaired) electrons. The van der Waals surface area contributed by atoms with Crippen LogP contribution in [0.2, 0.25) is 0 Å². The molecule has 3 nitrogen and oxygen atoms in total. The number of halogens is 3. The Hall–Kier alpha value is -3.28. The van der Waals surface area contributed by atoms with Gasteiger partial charge in [-0.05, 0) is 24.3 Å². The van der Waals surface area contributed by atoms with Gasteiger partial charge >= 0.3 is 6.18 Å². The van der Waals surface area contributed by atoms with Crippen LogP contribution in [0.1, 0.15) is 23.0 Å². The number of alkyl halides is 3. The van der Waals surface area contributed by atoms with Gasteiger partial charge in [0.25, 0.3) is 0 Å². The van der Waals surface area contributed by atoms with E-state index in [0.29, 0.717) is 33.7 Å². The molecule has 2 heterocycles. The van der Waals surface area contributed by atoms with Crippen LogP contribution >= 0.6 is 0 Å².